The van der Waals surface area contributed by atoms with E-state index in [1.807, 2.05) is 0 Å². The lowest BCUT2D eigenvalue weighted by Crippen LogP contribution is -2.22. The van der Waals surface area contributed by atoms with Crippen molar-refractivity contribution in [2.24, 2.45) is 0 Å². The lowest BCUT2D eigenvalue weighted by Gasteiger charge is -2.23. The molecule has 0 radical (unpaired) electrons. The van der Waals surface area contributed by atoms with Crippen LogP contribution in [-0.4, -0.2) is 26.4 Å². The van der Waals surface area contributed by atoms with Crippen molar-refractivity contribution in [1.29, 1.82) is 5.26 Å². The summed E-state index contributed by atoms with van der Waals surface area (Å²) in [5, 5.41) is 12.2. The molecule has 2 aromatic carbocycles. The van der Waals surface area contributed by atoms with Crippen molar-refractivity contribution >= 4 is 11.6 Å². The van der Waals surface area contributed by atoms with Gasteiger partial charge in [-0.05, 0) is 47.9 Å². The summed E-state index contributed by atoms with van der Waals surface area (Å²) in [6, 6.07) is 6.47. The van der Waals surface area contributed by atoms with E-state index in [9.17, 15) is 27.6 Å². The van der Waals surface area contributed by atoms with E-state index in [1.165, 1.54) is 18.6 Å². The smallest absolute Gasteiger partial charge is 0.406 e. The van der Waals surface area contributed by atoms with E-state index in [-0.39, 0.29) is 12.1 Å². The lowest BCUT2D eigenvalue weighted by atomic mass is 9.91. The molecule has 0 aromatic heterocycles. The Balaban J connectivity index is 0.00000172. The summed E-state index contributed by atoms with van der Waals surface area (Å²) in [6.45, 7) is 9.27. The van der Waals surface area contributed by atoms with E-state index in [2.05, 4.69) is 36.5 Å². The van der Waals surface area contributed by atoms with Crippen molar-refractivity contribution in [3.63, 3.8) is 0 Å². The highest BCUT2D eigenvalue weighted by Crippen LogP contribution is 2.37. The molecule has 0 aliphatic carbocycles. The number of anilines is 1. The minimum Gasteiger partial charge on any atom is -0.406 e. The molecule has 9 heteroatoms. The second kappa shape index (κ2) is 11.9. The van der Waals surface area contributed by atoms with Crippen molar-refractivity contribution in [2.75, 3.05) is 19.0 Å². The van der Waals surface area contributed by atoms with E-state index in [0.29, 0.717) is 34.0 Å². The van der Waals surface area contributed by atoms with Gasteiger partial charge in [0, 0.05) is 32.3 Å². The molecular formula is C24H27F4N3O2. The van der Waals surface area contributed by atoms with Crippen LogP contribution in [-0.2, 0) is 11.3 Å². The number of ether oxygens (including phenoxy) is 1. The number of hydrogen-bond acceptors (Lipinski definition) is 4. The third-order valence-corrected chi connectivity index (χ3v) is 4.30. The number of alkyl halides is 3. The van der Waals surface area contributed by atoms with Gasteiger partial charge in [0.05, 0.1) is 11.3 Å². The monoisotopic (exact) mass is 465 g/mol. The number of nitrogens with zero attached hydrogens (tertiary/aromatic N) is 2. The lowest BCUT2D eigenvalue weighted by molar-refractivity contribution is -0.274. The number of halogens is 4. The summed E-state index contributed by atoms with van der Waals surface area (Å²) in [5.74, 6) is -2.05. The average molecular weight is 465 g/mol. The van der Waals surface area contributed by atoms with Gasteiger partial charge in [-0.1, -0.05) is 26.8 Å². The second-order valence-corrected chi connectivity index (χ2v) is 7.26. The quantitative estimate of drug-likeness (QED) is 0.429. The van der Waals surface area contributed by atoms with Crippen LogP contribution in [0.25, 0.3) is 11.1 Å². The molecule has 2 aromatic rings. The highest BCUT2D eigenvalue weighted by molar-refractivity contribution is 5.87. The fourth-order valence-electron chi connectivity index (χ4n) is 3.09. The fraction of sp³-hybridized carbons (Fsp3) is 0.333. The topological polar surface area (TPSA) is 65.4 Å². The van der Waals surface area contributed by atoms with E-state index >= 15 is 0 Å². The van der Waals surface area contributed by atoms with Crippen molar-refractivity contribution in [3.8, 4) is 22.9 Å². The van der Waals surface area contributed by atoms with Gasteiger partial charge >= 0.3 is 6.36 Å². The number of rotatable bonds is 6. The molecule has 33 heavy (non-hydrogen) atoms. The van der Waals surface area contributed by atoms with E-state index in [1.54, 1.807) is 25.9 Å². The largest absolute Gasteiger partial charge is 0.573 e. The molecule has 178 valence electrons. The normalized spacial score (nSPS) is 10.4. The van der Waals surface area contributed by atoms with Gasteiger partial charge in [0.25, 0.3) is 0 Å². The molecule has 0 saturated heterocycles. The van der Waals surface area contributed by atoms with Gasteiger partial charge in [-0.2, -0.15) is 5.26 Å². The number of hydrogen-bond donors (Lipinski definition) is 1. The predicted molar refractivity (Wildman–Crippen MR) is 120 cm³/mol. The van der Waals surface area contributed by atoms with Gasteiger partial charge in [0.2, 0.25) is 5.91 Å². The molecule has 0 aliphatic heterocycles. The molecule has 0 atom stereocenters. The maximum Gasteiger partial charge on any atom is 0.573 e. The average Bonchev–Trinajstić information content (AvgIpc) is 2.71. The van der Waals surface area contributed by atoms with Gasteiger partial charge in [-0.15, -0.1) is 13.2 Å². The van der Waals surface area contributed by atoms with Crippen LogP contribution in [0.2, 0.25) is 0 Å². The van der Waals surface area contributed by atoms with Crippen molar-refractivity contribution in [3.05, 3.63) is 59.4 Å². The first-order valence-corrected chi connectivity index (χ1v) is 10.1. The molecule has 0 unspecified atom stereocenters. The van der Waals surface area contributed by atoms with Gasteiger partial charge < -0.3 is 15.0 Å². The Kier molecular flexibility index (Phi) is 9.92. The van der Waals surface area contributed by atoms with Crippen LogP contribution in [0, 0.1) is 24.1 Å². The summed E-state index contributed by atoms with van der Waals surface area (Å²) < 4.78 is 55.6. The molecule has 0 spiro atoms. The Hall–Kier alpha value is -3.54. The van der Waals surface area contributed by atoms with Crippen LogP contribution >= 0.6 is 0 Å². The summed E-state index contributed by atoms with van der Waals surface area (Å²) in [7, 11) is 3.41. The van der Waals surface area contributed by atoms with E-state index < -0.39 is 23.8 Å². The Labute approximate surface area is 191 Å². The second-order valence-electron chi connectivity index (χ2n) is 7.26. The van der Waals surface area contributed by atoms with Crippen molar-refractivity contribution < 1.29 is 27.1 Å². The van der Waals surface area contributed by atoms with Crippen molar-refractivity contribution in [1.82, 2.24) is 5.32 Å². The molecule has 0 heterocycles. The number of amides is 1. The molecule has 1 amide bonds. The summed E-state index contributed by atoms with van der Waals surface area (Å²) >= 11 is 0. The summed E-state index contributed by atoms with van der Waals surface area (Å²) in [6.07, 6.45) is -2.61. The van der Waals surface area contributed by atoms with Crippen LogP contribution in [0.5, 0.6) is 5.75 Å². The SMILES string of the molecule is C=CC(=O)NCc1cc(-c2ccc(OC(F)(F)F)cc2F)c(C)c(N(C)C)c1C#N.CCC. The molecule has 2 rings (SSSR count). The zero-order valence-electron chi connectivity index (χ0n) is 19.2. The number of nitriles is 1. The van der Waals surface area contributed by atoms with Crippen LogP contribution in [0.1, 0.15) is 37.0 Å². The molecule has 1 N–H and O–H groups in total. The predicted octanol–water partition coefficient (Wildman–Crippen LogP) is 5.86. The van der Waals surface area contributed by atoms with E-state index in [4.69, 9.17) is 0 Å². The third-order valence-electron chi connectivity index (χ3n) is 4.30. The first-order valence-electron chi connectivity index (χ1n) is 10.1. The number of carbonyl (C=O) groups is 1. The van der Waals surface area contributed by atoms with Crippen LogP contribution in [0.3, 0.4) is 0 Å². The summed E-state index contributed by atoms with van der Waals surface area (Å²) in [4.78, 5) is 13.2. The first-order chi connectivity index (χ1) is 15.4. The van der Waals surface area contributed by atoms with Gasteiger partial charge in [0.15, 0.2) is 0 Å². The Bertz CT molecular complexity index is 1040. The van der Waals surface area contributed by atoms with Crippen LogP contribution in [0.15, 0.2) is 36.9 Å². The zero-order valence-corrected chi connectivity index (χ0v) is 19.2. The van der Waals surface area contributed by atoms with Gasteiger partial charge in [0.1, 0.15) is 17.6 Å². The molecule has 0 aliphatic rings. The standard InChI is InChI=1S/C21H19F4N3O2.C3H8/c1-5-19(29)27-11-13-8-16(12(2)20(28(3)4)17(13)10-26)15-7-6-14(9-18(15)22)30-21(23,24)25;1-3-2/h5-9H,1,11H2,2-4H3,(H,27,29);3H2,1-2H3. The Morgan fingerprint density at radius 3 is 2.30 bits per heavy atom. The molecule has 5 nitrogen and oxygen atoms in total. The molecular weight excluding hydrogens is 438 g/mol. The molecule has 0 bridgehead atoms. The zero-order chi connectivity index (χ0) is 25.3. The Morgan fingerprint density at radius 1 is 1.24 bits per heavy atom. The molecule has 0 fully saturated rings. The molecule has 0 saturated carbocycles. The maximum absolute atomic E-state index is 14.7. The fourth-order valence-corrected chi connectivity index (χ4v) is 3.09. The van der Waals surface area contributed by atoms with Gasteiger partial charge in [-0.3, -0.25) is 4.79 Å². The maximum atomic E-state index is 14.7. The highest BCUT2D eigenvalue weighted by Gasteiger charge is 2.31. The number of nitrogens with one attached hydrogen (secondary N) is 1. The number of benzene rings is 2. The first kappa shape index (κ1) is 27.5. The van der Waals surface area contributed by atoms with Crippen LogP contribution < -0.4 is 15.0 Å². The van der Waals surface area contributed by atoms with E-state index in [0.717, 1.165) is 12.1 Å². The minimum absolute atomic E-state index is 0.0151. The highest BCUT2D eigenvalue weighted by atomic mass is 19.4. The number of carbonyl (C=O) groups excluding carboxylic acids is 1. The van der Waals surface area contributed by atoms with Crippen LogP contribution in [0.4, 0.5) is 23.2 Å². The van der Waals surface area contributed by atoms with Gasteiger partial charge in [-0.25, -0.2) is 4.39 Å². The van der Waals surface area contributed by atoms with Crippen molar-refractivity contribution in [2.45, 2.75) is 40.1 Å². The Morgan fingerprint density at radius 2 is 1.85 bits per heavy atom. The third kappa shape index (κ3) is 7.52. The summed E-state index contributed by atoms with van der Waals surface area (Å²) in [5.41, 5.74) is 2.18. The minimum atomic E-state index is -4.94.